The lowest BCUT2D eigenvalue weighted by atomic mass is 9.82. The van der Waals surface area contributed by atoms with Crippen LogP contribution in [0.1, 0.15) is 32.1 Å². The highest BCUT2D eigenvalue weighted by molar-refractivity contribution is 5.80. The average molecular weight is 154 g/mol. The molecule has 0 bridgehead atoms. The standard InChI is InChI=1S/C9H14O2/c10-8-5-7-3-1-2-4-9(7)11-6-8/h7,9H,1-6H2. The molecular formula is C9H14O2. The van der Waals surface area contributed by atoms with Gasteiger partial charge in [-0.1, -0.05) is 12.8 Å². The van der Waals surface area contributed by atoms with Crippen molar-refractivity contribution in [3.63, 3.8) is 0 Å². The van der Waals surface area contributed by atoms with Crippen LogP contribution in [0.5, 0.6) is 0 Å². The molecule has 1 saturated carbocycles. The van der Waals surface area contributed by atoms with E-state index in [-0.39, 0.29) is 0 Å². The summed E-state index contributed by atoms with van der Waals surface area (Å²) < 4.78 is 5.44. The second kappa shape index (κ2) is 2.94. The number of carbonyl (C=O) groups excluding carboxylic acids is 1. The number of carbonyl (C=O) groups is 1. The first-order valence-electron chi connectivity index (χ1n) is 4.49. The fourth-order valence-corrected chi connectivity index (χ4v) is 2.18. The molecular weight excluding hydrogens is 140 g/mol. The largest absolute Gasteiger partial charge is 0.370 e. The van der Waals surface area contributed by atoms with Gasteiger partial charge in [0.05, 0.1) is 6.10 Å². The van der Waals surface area contributed by atoms with Crippen LogP contribution in [0.4, 0.5) is 0 Å². The van der Waals surface area contributed by atoms with E-state index < -0.39 is 0 Å². The summed E-state index contributed by atoms with van der Waals surface area (Å²) >= 11 is 0. The van der Waals surface area contributed by atoms with E-state index in [1.165, 1.54) is 25.7 Å². The number of hydrogen-bond acceptors (Lipinski definition) is 2. The lowest BCUT2D eigenvalue weighted by Crippen LogP contribution is -2.36. The molecule has 2 unspecified atom stereocenters. The Hall–Kier alpha value is -0.370. The summed E-state index contributed by atoms with van der Waals surface area (Å²) in [6.07, 6.45) is 6.16. The third kappa shape index (κ3) is 1.45. The molecule has 2 fully saturated rings. The smallest absolute Gasteiger partial charge is 0.158 e. The van der Waals surface area contributed by atoms with Crippen molar-refractivity contribution < 1.29 is 9.53 Å². The predicted molar refractivity (Wildman–Crippen MR) is 41.3 cm³/mol. The van der Waals surface area contributed by atoms with E-state index >= 15 is 0 Å². The van der Waals surface area contributed by atoms with Gasteiger partial charge in [0.15, 0.2) is 5.78 Å². The highest BCUT2D eigenvalue weighted by Crippen LogP contribution is 2.31. The Morgan fingerprint density at radius 2 is 2.09 bits per heavy atom. The van der Waals surface area contributed by atoms with Crippen molar-refractivity contribution in [3.05, 3.63) is 0 Å². The van der Waals surface area contributed by atoms with Crippen LogP contribution in [0, 0.1) is 5.92 Å². The number of Topliss-reactive ketones (excluding diaryl/α,β-unsaturated/α-hetero) is 1. The second-order valence-corrected chi connectivity index (χ2v) is 3.64. The third-order valence-electron chi connectivity index (χ3n) is 2.79. The molecule has 1 aliphatic carbocycles. The molecule has 1 saturated heterocycles. The van der Waals surface area contributed by atoms with E-state index in [4.69, 9.17) is 4.74 Å². The summed E-state index contributed by atoms with van der Waals surface area (Å²) in [5, 5.41) is 0. The highest BCUT2D eigenvalue weighted by atomic mass is 16.5. The minimum absolute atomic E-state index is 0.299. The van der Waals surface area contributed by atoms with Gasteiger partial charge < -0.3 is 4.74 Å². The average Bonchev–Trinajstić information content (AvgIpc) is 2.04. The van der Waals surface area contributed by atoms with Gasteiger partial charge in [-0.05, 0) is 18.8 Å². The zero-order valence-electron chi connectivity index (χ0n) is 6.71. The lowest BCUT2D eigenvalue weighted by molar-refractivity contribution is -0.138. The lowest BCUT2D eigenvalue weighted by Gasteiger charge is -2.34. The molecule has 2 atom stereocenters. The first kappa shape index (κ1) is 7.29. The Balaban J connectivity index is 1.98. The summed E-state index contributed by atoms with van der Waals surface area (Å²) in [6, 6.07) is 0. The predicted octanol–water partition coefficient (Wildman–Crippen LogP) is 1.53. The molecule has 0 aromatic rings. The van der Waals surface area contributed by atoms with Crippen molar-refractivity contribution >= 4 is 5.78 Å². The minimum Gasteiger partial charge on any atom is -0.370 e. The highest BCUT2D eigenvalue weighted by Gasteiger charge is 2.31. The summed E-state index contributed by atoms with van der Waals surface area (Å²) in [4.78, 5) is 11.0. The molecule has 2 nitrogen and oxygen atoms in total. The van der Waals surface area contributed by atoms with E-state index in [1.54, 1.807) is 0 Å². The van der Waals surface area contributed by atoms with Crippen LogP contribution in [-0.4, -0.2) is 18.5 Å². The fraction of sp³-hybridized carbons (Fsp3) is 0.889. The zero-order valence-corrected chi connectivity index (χ0v) is 6.71. The molecule has 0 aromatic carbocycles. The minimum atomic E-state index is 0.299. The molecule has 2 aliphatic rings. The number of hydrogen-bond donors (Lipinski definition) is 0. The molecule has 2 rings (SSSR count). The maximum atomic E-state index is 11.0. The maximum Gasteiger partial charge on any atom is 0.158 e. The van der Waals surface area contributed by atoms with Crippen LogP contribution in [0.2, 0.25) is 0 Å². The molecule has 1 aliphatic heterocycles. The van der Waals surface area contributed by atoms with Gasteiger partial charge in [-0.2, -0.15) is 0 Å². The number of ketones is 1. The molecule has 0 spiro atoms. The maximum absolute atomic E-state index is 11.0. The summed E-state index contributed by atoms with van der Waals surface area (Å²) in [7, 11) is 0. The third-order valence-corrected chi connectivity index (χ3v) is 2.79. The Bertz CT molecular complexity index is 165. The van der Waals surface area contributed by atoms with Crippen molar-refractivity contribution in [1.29, 1.82) is 0 Å². The topological polar surface area (TPSA) is 26.3 Å². The van der Waals surface area contributed by atoms with Gasteiger partial charge in [-0.15, -0.1) is 0 Å². The summed E-state index contributed by atoms with van der Waals surface area (Å²) in [6.45, 7) is 0.376. The Morgan fingerprint density at radius 3 is 3.00 bits per heavy atom. The molecule has 0 aromatic heterocycles. The van der Waals surface area contributed by atoms with E-state index in [1.807, 2.05) is 0 Å². The molecule has 2 heteroatoms. The number of fused-ring (bicyclic) bond motifs is 1. The monoisotopic (exact) mass is 154 g/mol. The van der Waals surface area contributed by atoms with Gasteiger partial charge in [0.1, 0.15) is 6.61 Å². The van der Waals surface area contributed by atoms with Crippen molar-refractivity contribution in [2.24, 2.45) is 5.92 Å². The fourth-order valence-electron chi connectivity index (χ4n) is 2.18. The number of rotatable bonds is 0. The summed E-state index contributed by atoms with van der Waals surface area (Å²) in [5.41, 5.74) is 0. The van der Waals surface area contributed by atoms with E-state index in [2.05, 4.69) is 0 Å². The number of ether oxygens (including phenoxy) is 1. The van der Waals surface area contributed by atoms with Gasteiger partial charge in [0, 0.05) is 6.42 Å². The Kier molecular flexibility index (Phi) is 1.95. The molecule has 11 heavy (non-hydrogen) atoms. The summed E-state index contributed by atoms with van der Waals surface area (Å²) in [5.74, 6) is 0.859. The van der Waals surface area contributed by atoms with Crippen LogP contribution >= 0.6 is 0 Å². The Labute approximate surface area is 66.9 Å². The van der Waals surface area contributed by atoms with Crippen molar-refractivity contribution in [3.8, 4) is 0 Å². The molecule has 1 heterocycles. The zero-order chi connectivity index (χ0) is 7.68. The van der Waals surface area contributed by atoms with Gasteiger partial charge >= 0.3 is 0 Å². The van der Waals surface area contributed by atoms with Crippen molar-refractivity contribution in [1.82, 2.24) is 0 Å². The second-order valence-electron chi connectivity index (χ2n) is 3.64. The van der Waals surface area contributed by atoms with E-state index in [9.17, 15) is 4.79 Å². The van der Waals surface area contributed by atoms with Gasteiger partial charge in [-0.3, -0.25) is 4.79 Å². The van der Waals surface area contributed by atoms with E-state index in [0.717, 1.165) is 6.42 Å². The SMILES string of the molecule is O=C1COC2CCCCC2C1. The van der Waals surface area contributed by atoms with E-state index in [0.29, 0.717) is 24.4 Å². The molecule has 0 N–H and O–H groups in total. The quantitative estimate of drug-likeness (QED) is 0.529. The normalized spacial score (nSPS) is 38.4. The van der Waals surface area contributed by atoms with Crippen molar-refractivity contribution in [2.45, 2.75) is 38.2 Å². The molecule has 0 radical (unpaired) electrons. The van der Waals surface area contributed by atoms with Gasteiger partial charge in [0.25, 0.3) is 0 Å². The van der Waals surface area contributed by atoms with Crippen LogP contribution in [0.15, 0.2) is 0 Å². The van der Waals surface area contributed by atoms with Crippen molar-refractivity contribution in [2.75, 3.05) is 6.61 Å². The molecule has 0 amide bonds. The Morgan fingerprint density at radius 1 is 1.27 bits per heavy atom. The first-order chi connectivity index (χ1) is 5.36. The molecule has 62 valence electrons. The van der Waals surface area contributed by atoms with Crippen LogP contribution < -0.4 is 0 Å². The van der Waals surface area contributed by atoms with Crippen LogP contribution in [0.3, 0.4) is 0 Å². The van der Waals surface area contributed by atoms with Crippen LogP contribution in [-0.2, 0) is 9.53 Å². The van der Waals surface area contributed by atoms with Crippen LogP contribution in [0.25, 0.3) is 0 Å². The van der Waals surface area contributed by atoms with Gasteiger partial charge in [-0.25, -0.2) is 0 Å². The first-order valence-corrected chi connectivity index (χ1v) is 4.49. The van der Waals surface area contributed by atoms with Gasteiger partial charge in [0.2, 0.25) is 0 Å².